The van der Waals surface area contributed by atoms with Crippen LogP contribution in [-0.2, 0) is 16.0 Å². The molecule has 2 rings (SSSR count). The third-order valence-corrected chi connectivity index (χ3v) is 2.67. The van der Waals surface area contributed by atoms with Crippen molar-refractivity contribution in [2.75, 3.05) is 4.90 Å². The second-order valence-corrected chi connectivity index (χ2v) is 3.60. The third kappa shape index (κ3) is 1.48. The highest BCUT2D eigenvalue weighted by Crippen LogP contribution is 2.32. The van der Waals surface area contributed by atoms with E-state index in [-0.39, 0.29) is 5.91 Å². The molecule has 0 unspecified atom stereocenters. The van der Waals surface area contributed by atoms with Gasteiger partial charge in [-0.15, -0.1) is 0 Å². The highest BCUT2D eigenvalue weighted by Gasteiger charge is 2.36. The molecule has 1 atom stereocenters. The lowest BCUT2D eigenvalue weighted by Gasteiger charge is -2.20. The van der Waals surface area contributed by atoms with E-state index in [0.717, 1.165) is 11.6 Å². The van der Waals surface area contributed by atoms with Crippen molar-refractivity contribution in [3.8, 4) is 0 Å². The van der Waals surface area contributed by atoms with Crippen LogP contribution in [0.2, 0.25) is 0 Å². The molecule has 1 aromatic rings. The molecule has 1 aromatic carbocycles. The lowest BCUT2D eigenvalue weighted by molar-refractivity contribution is -0.139. The van der Waals surface area contributed by atoms with Crippen molar-refractivity contribution in [2.24, 2.45) is 0 Å². The molecule has 4 heteroatoms. The van der Waals surface area contributed by atoms with E-state index in [1.807, 2.05) is 12.1 Å². The van der Waals surface area contributed by atoms with Crippen LogP contribution in [-0.4, -0.2) is 23.0 Å². The van der Waals surface area contributed by atoms with Crippen molar-refractivity contribution < 1.29 is 14.7 Å². The number of fused-ring (bicyclic) bond motifs is 1. The Bertz CT molecular complexity index is 467. The molecule has 1 N–H and O–H groups in total. The first kappa shape index (κ1) is 10.4. The van der Waals surface area contributed by atoms with Crippen LogP contribution in [0.25, 0.3) is 0 Å². The summed E-state index contributed by atoms with van der Waals surface area (Å²) in [6.45, 7) is 3.39. The Hall–Kier alpha value is -2.10. The quantitative estimate of drug-likeness (QED) is 0.757. The predicted octanol–water partition coefficient (Wildman–Crippen LogP) is 1.21. The second kappa shape index (κ2) is 3.81. The fraction of sp³-hybridized carbons (Fsp3) is 0.167. The SMILES string of the molecule is C=CC(=O)N1c2ccccc2C[C@H]1C(=O)O. The number of aliphatic carboxylic acids is 1. The lowest BCUT2D eigenvalue weighted by atomic mass is 10.1. The van der Waals surface area contributed by atoms with Crippen molar-refractivity contribution in [2.45, 2.75) is 12.5 Å². The van der Waals surface area contributed by atoms with Crippen LogP contribution in [0.3, 0.4) is 0 Å². The number of hydrogen-bond acceptors (Lipinski definition) is 2. The Morgan fingerprint density at radius 1 is 1.44 bits per heavy atom. The van der Waals surface area contributed by atoms with E-state index >= 15 is 0 Å². The zero-order chi connectivity index (χ0) is 11.7. The van der Waals surface area contributed by atoms with Gasteiger partial charge in [0, 0.05) is 12.1 Å². The maximum Gasteiger partial charge on any atom is 0.327 e. The van der Waals surface area contributed by atoms with E-state index in [1.165, 1.54) is 4.90 Å². The standard InChI is InChI=1S/C12H11NO3/c1-2-11(14)13-9-6-4-3-5-8(9)7-10(13)12(15)16/h2-6,10H,1,7H2,(H,15,16)/t10-/m0/s1. The van der Waals surface area contributed by atoms with Crippen LogP contribution in [0.4, 0.5) is 5.69 Å². The number of nitrogens with zero attached hydrogens (tertiary/aromatic N) is 1. The average molecular weight is 217 g/mol. The maximum absolute atomic E-state index is 11.6. The summed E-state index contributed by atoms with van der Waals surface area (Å²) in [6.07, 6.45) is 1.49. The molecular weight excluding hydrogens is 206 g/mol. The number of para-hydroxylation sites is 1. The summed E-state index contributed by atoms with van der Waals surface area (Å²) in [6, 6.07) is 6.39. The van der Waals surface area contributed by atoms with Gasteiger partial charge in [-0.1, -0.05) is 24.8 Å². The number of benzene rings is 1. The number of amides is 1. The van der Waals surface area contributed by atoms with E-state index < -0.39 is 12.0 Å². The number of carbonyl (C=O) groups is 2. The molecule has 0 saturated heterocycles. The molecular formula is C12H11NO3. The number of anilines is 1. The molecule has 1 aliphatic heterocycles. The highest BCUT2D eigenvalue weighted by atomic mass is 16.4. The van der Waals surface area contributed by atoms with Gasteiger partial charge >= 0.3 is 5.97 Å². The Kier molecular flexibility index (Phi) is 2.48. The van der Waals surface area contributed by atoms with Crippen LogP contribution >= 0.6 is 0 Å². The molecule has 0 radical (unpaired) electrons. The number of hydrogen-bond donors (Lipinski definition) is 1. The van der Waals surface area contributed by atoms with Gasteiger partial charge in [-0.25, -0.2) is 4.79 Å². The Labute approximate surface area is 92.8 Å². The predicted molar refractivity (Wildman–Crippen MR) is 59.3 cm³/mol. The van der Waals surface area contributed by atoms with E-state index in [0.29, 0.717) is 12.1 Å². The minimum absolute atomic E-state index is 0.352. The number of rotatable bonds is 2. The Morgan fingerprint density at radius 2 is 2.12 bits per heavy atom. The summed E-state index contributed by atoms with van der Waals surface area (Å²) >= 11 is 0. The summed E-state index contributed by atoms with van der Waals surface area (Å²) in [5.41, 5.74) is 1.55. The molecule has 1 heterocycles. The van der Waals surface area contributed by atoms with Crippen LogP contribution in [0.1, 0.15) is 5.56 Å². The molecule has 0 aliphatic carbocycles. The van der Waals surface area contributed by atoms with Crippen molar-refractivity contribution in [1.29, 1.82) is 0 Å². The van der Waals surface area contributed by atoms with Gasteiger partial charge in [0.05, 0.1) is 0 Å². The largest absolute Gasteiger partial charge is 0.480 e. The van der Waals surface area contributed by atoms with E-state index in [2.05, 4.69) is 6.58 Å². The molecule has 16 heavy (non-hydrogen) atoms. The van der Waals surface area contributed by atoms with E-state index in [9.17, 15) is 9.59 Å². The molecule has 82 valence electrons. The van der Waals surface area contributed by atoms with Crippen molar-refractivity contribution >= 4 is 17.6 Å². The molecule has 4 nitrogen and oxygen atoms in total. The lowest BCUT2D eigenvalue weighted by Crippen LogP contribution is -2.41. The van der Waals surface area contributed by atoms with Gasteiger partial charge in [-0.3, -0.25) is 9.69 Å². The van der Waals surface area contributed by atoms with Gasteiger partial charge in [-0.05, 0) is 17.7 Å². The molecule has 0 saturated carbocycles. The fourth-order valence-electron chi connectivity index (χ4n) is 1.95. The molecule has 0 aromatic heterocycles. The average Bonchev–Trinajstić information content (AvgIpc) is 2.67. The minimum Gasteiger partial charge on any atom is -0.480 e. The van der Waals surface area contributed by atoms with Gasteiger partial charge in [0.1, 0.15) is 6.04 Å². The monoisotopic (exact) mass is 217 g/mol. The molecule has 0 bridgehead atoms. The maximum atomic E-state index is 11.6. The van der Waals surface area contributed by atoms with Crippen LogP contribution in [0, 0.1) is 0 Å². The summed E-state index contributed by atoms with van der Waals surface area (Å²) < 4.78 is 0. The fourth-order valence-corrected chi connectivity index (χ4v) is 1.95. The summed E-state index contributed by atoms with van der Waals surface area (Å²) in [5.74, 6) is -1.37. The van der Waals surface area contributed by atoms with Gasteiger partial charge in [0.15, 0.2) is 0 Å². The van der Waals surface area contributed by atoms with E-state index in [1.54, 1.807) is 12.1 Å². The van der Waals surface area contributed by atoms with Gasteiger partial charge in [-0.2, -0.15) is 0 Å². The normalized spacial score (nSPS) is 18.0. The summed E-state index contributed by atoms with van der Waals surface area (Å²) in [5, 5.41) is 9.07. The number of carbonyl (C=O) groups excluding carboxylic acids is 1. The van der Waals surface area contributed by atoms with Crippen molar-refractivity contribution in [3.05, 3.63) is 42.5 Å². The molecule has 1 aliphatic rings. The first-order chi connectivity index (χ1) is 7.65. The highest BCUT2D eigenvalue weighted by molar-refractivity contribution is 6.07. The van der Waals surface area contributed by atoms with Crippen LogP contribution < -0.4 is 4.90 Å². The minimum atomic E-state index is -0.994. The topological polar surface area (TPSA) is 57.6 Å². The van der Waals surface area contributed by atoms with Crippen molar-refractivity contribution in [1.82, 2.24) is 0 Å². The van der Waals surface area contributed by atoms with Gasteiger partial charge < -0.3 is 5.11 Å². The zero-order valence-electron chi connectivity index (χ0n) is 8.59. The Balaban J connectivity index is 2.47. The molecule has 1 amide bonds. The van der Waals surface area contributed by atoms with Gasteiger partial charge in [0.2, 0.25) is 0 Å². The molecule has 0 spiro atoms. The first-order valence-electron chi connectivity index (χ1n) is 4.91. The number of carboxylic acids is 1. The second-order valence-electron chi connectivity index (χ2n) is 3.60. The molecule has 0 fully saturated rings. The number of carboxylic acid groups (broad SMARTS) is 1. The van der Waals surface area contributed by atoms with Crippen LogP contribution in [0.15, 0.2) is 36.9 Å². The van der Waals surface area contributed by atoms with Crippen molar-refractivity contribution in [3.63, 3.8) is 0 Å². The van der Waals surface area contributed by atoms with E-state index in [4.69, 9.17) is 5.11 Å². The zero-order valence-corrected chi connectivity index (χ0v) is 8.59. The smallest absolute Gasteiger partial charge is 0.327 e. The van der Waals surface area contributed by atoms with Crippen LogP contribution in [0.5, 0.6) is 0 Å². The summed E-state index contributed by atoms with van der Waals surface area (Å²) in [7, 11) is 0. The third-order valence-electron chi connectivity index (χ3n) is 2.67. The van der Waals surface area contributed by atoms with Gasteiger partial charge in [0.25, 0.3) is 5.91 Å². The Morgan fingerprint density at radius 3 is 2.75 bits per heavy atom. The summed E-state index contributed by atoms with van der Waals surface area (Å²) in [4.78, 5) is 24.0. The first-order valence-corrected chi connectivity index (χ1v) is 4.91.